The second kappa shape index (κ2) is 6.00. The number of esters is 1. The molecule has 0 aromatic heterocycles. The van der Waals surface area contributed by atoms with E-state index in [-0.39, 0.29) is 13.2 Å². The summed E-state index contributed by atoms with van der Waals surface area (Å²) in [6.45, 7) is 2.92. The molecule has 0 aliphatic rings. The van der Waals surface area contributed by atoms with Crippen molar-refractivity contribution >= 4 is 17.8 Å². The van der Waals surface area contributed by atoms with Gasteiger partial charge in [-0.2, -0.15) is 0 Å². The number of carbonyl (C=O) groups is 3. The van der Waals surface area contributed by atoms with Crippen LogP contribution in [0.15, 0.2) is 0 Å². The number of hydrogen-bond donors (Lipinski definition) is 1. The van der Waals surface area contributed by atoms with E-state index in [1.165, 1.54) is 14.0 Å². The first-order chi connectivity index (χ1) is 6.90. The number of amides is 1. The number of likely N-dealkylation sites (N-methyl/N-ethyl adjacent to an activating group) is 1. The number of ether oxygens (including phenoxy) is 1. The van der Waals surface area contributed by atoms with Crippen LogP contribution >= 0.6 is 0 Å². The van der Waals surface area contributed by atoms with Crippen molar-refractivity contribution in [3.63, 3.8) is 0 Å². The van der Waals surface area contributed by atoms with Crippen molar-refractivity contribution in [2.45, 2.75) is 13.8 Å². The molecule has 1 atom stereocenters. The lowest BCUT2D eigenvalue weighted by Gasteiger charge is -2.18. The van der Waals surface area contributed by atoms with Crippen LogP contribution in [0.4, 0.5) is 0 Å². The number of carboxylic acids is 1. The minimum absolute atomic E-state index is 0.231. The van der Waals surface area contributed by atoms with Gasteiger partial charge in [0.1, 0.15) is 12.5 Å². The van der Waals surface area contributed by atoms with Gasteiger partial charge in [-0.15, -0.1) is 0 Å². The first kappa shape index (κ1) is 13.4. The van der Waals surface area contributed by atoms with Gasteiger partial charge >= 0.3 is 11.9 Å². The number of rotatable bonds is 5. The van der Waals surface area contributed by atoms with Gasteiger partial charge in [-0.1, -0.05) is 0 Å². The summed E-state index contributed by atoms with van der Waals surface area (Å²) in [5.41, 5.74) is 0. The van der Waals surface area contributed by atoms with Gasteiger partial charge in [-0.05, 0) is 13.8 Å². The Kier molecular flexibility index (Phi) is 5.36. The lowest BCUT2D eigenvalue weighted by molar-refractivity contribution is -0.154. The summed E-state index contributed by atoms with van der Waals surface area (Å²) in [4.78, 5) is 33.9. The van der Waals surface area contributed by atoms with Crippen molar-refractivity contribution in [2.75, 3.05) is 20.2 Å². The van der Waals surface area contributed by atoms with Gasteiger partial charge < -0.3 is 14.7 Å². The molecule has 0 spiro atoms. The minimum Gasteiger partial charge on any atom is -0.481 e. The number of carbonyl (C=O) groups excluding carboxylic acids is 2. The molecule has 0 bridgehead atoms. The number of nitrogens with zero attached hydrogens (tertiary/aromatic N) is 1. The first-order valence-corrected chi connectivity index (χ1v) is 4.53. The zero-order chi connectivity index (χ0) is 12.0. The highest BCUT2D eigenvalue weighted by molar-refractivity contribution is 5.97. The van der Waals surface area contributed by atoms with Gasteiger partial charge in [-0.25, -0.2) is 0 Å². The molecule has 0 aromatic rings. The number of carboxylic acid groups (broad SMARTS) is 1. The molecule has 0 fully saturated rings. The predicted octanol–water partition coefficient (Wildman–Crippen LogP) is -0.271. The fraction of sp³-hybridized carbons (Fsp3) is 0.667. The largest absolute Gasteiger partial charge is 0.481 e. The van der Waals surface area contributed by atoms with Gasteiger partial charge in [-0.3, -0.25) is 14.4 Å². The second-order valence-corrected chi connectivity index (χ2v) is 3.06. The Hall–Kier alpha value is -1.59. The quantitative estimate of drug-likeness (QED) is 0.506. The van der Waals surface area contributed by atoms with Gasteiger partial charge in [0.25, 0.3) is 0 Å². The van der Waals surface area contributed by atoms with Crippen molar-refractivity contribution < 1.29 is 24.2 Å². The maximum Gasteiger partial charge on any atom is 0.325 e. The van der Waals surface area contributed by atoms with E-state index in [0.29, 0.717) is 0 Å². The average molecular weight is 217 g/mol. The summed E-state index contributed by atoms with van der Waals surface area (Å²) in [6.07, 6.45) is 0. The third-order valence-electron chi connectivity index (χ3n) is 1.79. The van der Waals surface area contributed by atoms with Crippen LogP contribution in [0.3, 0.4) is 0 Å². The average Bonchev–Trinajstić information content (AvgIpc) is 2.15. The fourth-order valence-corrected chi connectivity index (χ4v) is 0.914. The summed E-state index contributed by atoms with van der Waals surface area (Å²) < 4.78 is 4.62. The zero-order valence-electron chi connectivity index (χ0n) is 9.02. The molecule has 0 saturated heterocycles. The van der Waals surface area contributed by atoms with Crippen LogP contribution in [0.1, 0.15) is 13.8 Å². The normalized spacial score (nSPS) is 11.7. The Morgan fingerprint density at radius 3 is 2.33 bits per heavy atom. The lowest BCUT2D eigenvalue weighted by atomic mass is 10.1. The molecule has 6 nitrogen and oxygen atoms in total. The van der Waals surface area contributed by atoms with E-state index in [1.54, 1.807) is 6.92 Å². The van der Waals surface area contributed by atoms with Crippen molar-refractivity contribution in [3.05, 3.63) is 0 Å². The van der Waals surface area contributed by atoms with Crippen LogP contribution in [0.2, 0.25) is 0 Å². The van der Waals surface area contributed by atoms with Crippen LogP contribution < -0.4 is 0 Å². The van der Waals surface area contributed by atoms with Crippen molar-refractivity contribution in [3.8, 4) is 0 Å². The highest BCUT2D eigenvalue weighted by atomic mass is 16.5. The van der Waals surface area contributed by atoms with Crippen LogP contribution in [-0.2, 0) is 19.1 Å². The molecule has 0 radical (unpaired) electrons. The van der Waals surface area contributed by atoms with E-state index in [2.05, 4.69) is 4.74 Å². The smallest absolute Gasteiger partial charge is 0.325 e. The van der Waals surface area contributed by atoms with Crippen molar-refractivity contribution in [1.82, 2.24) is 4.90 Å². The third-order valence-corrected chi connectivity index (χ3v) is 1.79. The second-order valence-electron chi connectivity index (χ2n) is 3.06. The van der Waals surface area contributed by atoms with Crippen LogP contribution in [0.5, 0.6) is 0 Å². The summed E-state index contributed by atoms with van der Waals surface area (Å²) in [5, 5.41) is 8.58. The fourth-order valence-electron chi connectivity index (χ4n) is 0.914. The molecular weight excluding hydrogens is 202 g/mol. The Morgan fingerprint density at radius 2 is 1.93 bits per heavy atom. The summed E-state index contributed by atoms with van der Waals surface area (Å²) >= 11 is 0. The van der Waals surface area contributed by atoms with Crippen LogP contribution in [-0.4, -0.2) is 48.1 Å². The maximum absolute atomic E-state index is 11.4. The number of hydrogen-bond acceptors (Lipinski definition) is 4. The molecule has 0 heterocycles. The molecule has 0 aliphatic heterocycles. The predicted molar refractivity (Wildman–Crippen MR) is 51.1 cm³/mol. The molecule has 1 amide bonds. The molecule has 86 valence electrons. The highest BCUT2D eigenvalue weighted by Crippen LogP contribution is 2.01. The van der Waals surface area contributed by atoms with Crippen LogP contribution in [0.25, 0.3) is 0 Å². The van der Waals surface area contributed by atoms with E-state index in [4.69, 9.17) is 5.11 Å². The molecule has 0 rings (SSSR count). The third kappa shape index (κ3) is 4.44. The molecule has 6 heteroatoms. The Morgan fingerprint density at radius 1 is 1.40 bits per heavy atom. The SMILES string of the molecule is CCOC(=O)CN(C)C(=O)C(C)C(=O)O. The van der Waals surface area contributed by atoms with Gasteiger partial charge in [0.05, 0.1) is 6.61 Å². The summed E-state index contributed by atoms with van der Waals surface area (Å²) in [6, 6.07) is 0. The van der Waals surface area contributed by atoms with Crippen molar-refractivity contribution in [2.24, 2.45) is 5.92 Å². The monoisotopic (exact) mass is 217 g/mol. The van der Waals surface area contributed by atoms with Gasteiger partial charge in [0.15, 0.2) is 0 Å². The van der Waals surface area contributed by atoms with E-state index in [0.717, 1.165) is 4.90 Å². The zero-order valence-corrected chi connectivity index (χ0v) is 9.02. The molecule has 0 aliphatic carbocycles. The molecule has 15 heavy (non-hydrogen) atoms. The number of aliphatic carboxylic acids is 1. The lowest BCUT2D eigenvalue weighted by Crippen LogP contribution is -2.39. The van der Waals surface area contributed by atoms with E-state index < -0.39 is 23.8 Å². The Labute approximate surface area is 87.8 Å². The molecule has 1 N–H and O–H groups in total. The minimum atomic E-state index is -1.21. The van der Waals surface area contributed by atoms with Crippen LogP contribution in [0, 0.1) is 5.92 Å². The van der Waals surface area contributed by atoms with E-state index in [9.17, 15) is 14.4 Å². The van der Waals surface area contributed by atoms with E-state index >= 15 is 0 Å². The Balaban J connectivity index is 4.21. The summed E-state index contributed by atoms with van der Waals surface area (Å²) in [5.74, 6) is -3.53. The Bertz CT molecular complexity index is 263. The molecule has 0 aromatic carbocycles. The van der Waals surface area contributed by atoms with Gasteiger partial charge in [0, 0.05) is 7.05 Å². The topological polar surface area (TPSA) is 83.9 Å². The first-order valence-electron chi connectivity index (χ1n) is 4.53. The van der Waals surface area contributed by atoms with Crippen molar-refractivity contribution in [1.29, 1.82) is 0 Å². The maximum atomic E-state index is 11.4. The highest BCUT2D eigenvalue weighted by Gasteiger charge is 2.25. The van der Waals surface area contributed by atoms with Gasteiger partial charge in [0.2, 0.25) is 5.91 Å². The molecule has 0 saturated carbocycles. The summed E-state index contributed by atoms with van der Waals surface area (Å²) in [7, 11) is 1.36. The molecular formula is C9H15NO5. The standard InChI is InChI=1S/C9H15NO5/c1-4-15-7(11)5-10(3)8(12)6(2)9(13)14/h6H,4-5H2,1-3H3,(H,13,14). The van der Waals surface area contributed by atoms with E-state index in [1.807, 2.05) is 0 Å². The molecule has 1 unspecified atom stereocenters.